The van der Waals surface area contributed by atoms with Gasteiger partial charge in [0.25, 0.3) is 0 Å². The molecule has 2 rings (SSSR count). The summed E-state index contributed by atoms with van der Waals surface area (Å²) in [6, 6.07) is 3.23. The molecule has 2 amide bonds. The number of rotatable bonds is 2. The third kappa shape index (κ3) is 7.16. The number of fused-ring (bicyclic) bond motifs is 1. The van der Waals surface area contributed by atoms with Gasteiger partial charge in [0.15, 0.2) is 0 Å². The van der Waals surface area contributed by atoms with E-state index in [0.717, 1.165) is 11.1 Å². The molecule has 0 aromatic heterocycles. The summed E-state index contributed by atoms with van der Waals surface area (Å²) in [6.45, 7) is 6.39. The molecule has 0 aliphatic carbocycles. The fourth-order valence-corrected chi connectivity index (χ4v) is 3.91. The van der Waals surface area contributed by atoms with Crippen LogP contribution < -0.4 is 10.6 Å². The number of thioether (sulfide) groups is 1. The van der Waals surface area contributed by atoms with Gasteiger partial charge in [0.2, 0.25) is 5.91 Å². The van der Waals surface area contributed by atoms with Crippen LogP contribution in [0.4, 0.5) is 4.79 Å². The van der Waals surface area contributed by atoms with Crippen LogP contribution in [-0.2, 0) is 29.6 Å². The van der Waals surface area contributed by atoms with Gasteiger partial charge in [-0.3, -0.25) is 4.79 Å². The second-order valence-corrected chi connectivity index (χ2v) is 9.04. The first-order valence-corrected chi connectivity index (χ1v) is 10.9. The van der Waals surface area contributed by atoms with E-state index in [9.17, 15) is 19.2 Å². The fraction of sp³-hybridized carbons (Fsp3) is 0.524. The van der Waals surface area contributed by atoms with Crippen LogP contribution in [0.1, 0.15) is 42.3 Å². The molecule has 31 heavy (non-hydrogen) atoms. The second-order valence-electron chi connectivity index (χ2n) is 8.01. The number of hydrogen-bond donors (Lipinski definition) is 2. The molecule has 0 saturated carbocycles. The summed E-state index contributed by atoms with van der Waals surface area (Å²) in [5.74, 6) is -1.24. The van der Waals surface area contributed by atoms with Crippen molar-refractivity contribution in [1.82, 2.24) is 10.6 Å². The summed E-state index contributed by atoms with van der Waals surface area (Å²) in [4.78, 5) is 49.9. The highest BCUT2D eigenvalue weighted by atomic mass is 32.2. The van der Waals surface area contributed by atoms with Gasteiger partial charge < -0.3 is 24.8 Å². The zero-order valence-corrected chi connectivity index (χ0v) is 19.1. The molecule has 170 valence electrons. The number of carbonyl (C=O) groups excluding carboxylic acids is 4. The highest BCUT2D eigenvalue weighted by Gasteiger charge is 2.31. The fourth-order valence-electron chi connectivity index (χ4n) is 2.87. The molecule has 9 nitrogen and oxygen atoms in total. The lowest BCUT2D eigenvalue weighted by Gasteiger charge is -2.25. The minimum absolute atomic E-state index is 0.222. The van der Waals surface area contributed by atoms with Crippen LogP contribution in [0.5, 0.6) is 0 Å². The van der Waals surface area contributed by atoms with Crippen molar-refractivity contribution in [3.8, 4) is 0 Å². The maximum Gasteiger partial charge on any atom is 0.408 e. The zero-order chi connectivity index (χ0) is 23.2. The minimum Gasteiger partial charge on any atom is -0.467 e. The Kier molecular flexibility index (Phi) is 8.32. The number of hydrogen-bond acceptors (Lipinski definition) is 8. The average molecular weight is 453 g/mol. The molecule has 1 aliphatic heterocycles. The molecule has 1 aromatic rings. The zero-order valence-electron chi connectivity index (χ0n) is 18.3. The van der Waals surface area contributed by atoms with Crippen LogP contribution in [0.25, 0.3) is 0 Å². The molecule has 0 radical (unpaired) electrons. The monoisotopic (exact) mass is 452 g/mol. The summed E-state index contributed by atoms with van der Waals surface area (Å²) in [7, 11) is 1.23. The first kappa shape index (κ1) is 24.5. The number of methoxy groups -OCH3 is 1. The van der Waals surface area contributed by atoms with Crippen LogP contribution in [0.3, 0.4) is 0 Å². The average Bonchev–Trinajstić information content (AvgIpc) is 2.67. The topological polar surface area (TPSA) is 120 Å². The van der Waals surface area contributed by atoms with E-state index in [1.165, 1.54) is 18.9 Å². The predicted octanol–water partition coefficient (Wildman–Crippen LogP) is 1.95. The summed E-state index contributed by atoms with van der Waals surface area (Å²) in [6.07, 6.45) is -0.851. The first-order chi connectivity index (χ1) is 14.5. The number of ether oxygens (including phenoxy) is 3. The Labute approximate surface area is 185 Å². The Morgan fingerprint density at radius 3 is 2.61 bits per heavy atom. The van der Waals surface area contributed by atoms with Crippen LogP contribution in [0, 0.1) is 6.92 Å². The number of carbonyl (C=O) groups is 4. The normalized spacial score (nSPS) is 20.2. The van der Waals surface area contributed by atoms with E-state index in [0.29, 0.717) is 11.3 Å². The standard InChI is InChI=1S/C21H28N2O7S/c1-12-7-6-8-13-10-31-11-15(18(25)28-5)22-17(24)14(9-29-19(26)16(12)13)23-20(27)30-21(2,3)4/h6-8,14-15H,9-11H2,1-5H3,(H,22,24)(H,23,27)/t14?,15-/m0/s1. The molecule has 2 atom stereocenters. The summed E-state index contributed by atoms with van der Waals surface area (Å²) in [5, 5.41) is 4.96. The first-order valence-electron chi connectivity index (χ1n) is 9.73. The summed E-state index contributed by atoms with van der Waals surface area (Å²) < 4.78 is 15.3. The summed E-state index contributed by atoms with van der Waals surface area (Å²) in [5.41, 5.74) is 1.10. The maximum atomic E-state index is 12.8. The molecule has 0 fully saturated rings. The highest BCUT2D eigenvalue weighted by molar-refractivity contribution is 7.98. The van der Waals surface area contributed by atoms with E-state index >= 15 is 0 Å². The van der Waals surface area contributed by atoms with Gasteiger partial charge in [-0.2, -0.15) is 11.8 Å². The summed E-state index contributed by atoms with van der Waals surface area (Å²) >= 11 is 1.36. The second kappa shape index (κ2) is 10.5. The highest BCUT2D eigenvalue weighted by Crippen LogP contribution is 2.22. The number of nitrogens with one attached hydrogen (secondary N) is 2. The van der Waals surface area contributed by atoms with Crippen LogP contribution in [0.2, 0.25) is 0 Å². The van der Waals surface area contributed by atoms with Crippen LogP contribution in [-0.4, -0.2) is 61.1 Å². The molecule has 0 bridgehead atoms. The van der Waals surface area contributed by atoms with Gasteiger partial charge in [-0.1, -0.05) is 18.2 Å². The van der Waals surface area contributed by atoms with E-state index in [1.54, 1.807) is 33.8 Å². The van der Waals surface area contributed by atoms with Gasteiger partial charge in [-0.05, 0) is 38.8 Å². The van der Waals surface area contributed by atoms with Crippen molar-refractivity contribution >= 4 is 35.7 Å². The van der Waals surface area contributed by atoms with Gasteiger partial charge in [-0.15, -0.1) is 0 Å². The third-order valence-electron chi connectivity index (χ3n) is 4.30. The molecule has 1 aromatic carbocycles. The Morgan fingerprint density at radius 2 is 1.97 bits per heavy atom. The van der Waals surface area contributed by atoms with E-state index in [1.807, 2.05) is 12.1 Å². The molecule has 1 unspecified atom stereocenters. The van der Waals surface area contributed by atoms with Crippen molar-refractivity contribution in [3.63, 3.8) is 0 Å². The van der Waals surface area contributed by atoms with Crippen molar-refractivity contribution < 1.29 is 33.4 Å². The van der Waals surface area contributed by atoms with Crippen molar-refractivity contribution in [3.05, 3.63) is 34.9 Å². The number of aryl methyl sites for hydroxylation is 1. The van der Waals surface area contributed by atoms with E-state index in [-0.39, 0.29) is 5.75 Å². The molecule has 0 saturated heterocycles. The van der Waals surface area contributed by atoms with Crippen LogP contribution >= 0.6 is 11.8 Å². The van der Waals surface area contributed by atoms with E-state index < -0.39 is 48.2 Å². The Morgan fingerprint density at radius 1 is 1.26 bits per heavy atom. The molecular formula is C21H28N2O7S. The molecule has 10 heteroatoms. The predicted molar refractivity (Wildman–Crippen MR) is 115 cm³/mol. The SMILES string of the molecule is COC(=O)[C@@H]1CSCc2cccc(C)c2C(=O)OCC(NC(=O)OC(C)(C)C)C(=O)N1. The van der Waals surface area contributed by atoms with Crippen molar-refractivity contribution in [2.75, 3.05) is 19.5 Å². The molecule has 1 aliphatic rings. The van der Waals surface area contributed by atoms with Gasteiger partial charge in [-0.25, -0.2) is 14.4 Å². The van der Waals surface area contributed by atoms with Crippen LogP contribution in [0.15, 0.2) is 18.2 Å². The minimum atomic E-state index is -1.26. The van der Waals surface area contributed by atoms with E-state index in [2.05, 4.69) is 10.6 Å². The largest absolute Gasteiger partial charge is 0.467 e. The number of benzene rings is 1. The molecule has 1 heterocycles. The quantitative estimate of drug-likeness (QED) is 0.516. The Bertz CT molecular complexity index is 851. The van der Waals surface area contributed by atoms with Crippen molar-refractivity contribution in [1.29, 1.82) is 0 Å². The van der Waals surface area contributed by atoms with Gasteiger partial charge in [0.05, 0.1) is 12.7 Å². The smallest absolute Gasteiger partial charge is 0.408 e. The van der Waals surface area contributed by atoms with E-state index in [4.69, 9.17) is 14.2 Å². The number of alkyl carbamates (subject to hydrolysis) is 1. The molecule has 2 N–H and O–H groups in total. The molecule has 0 spiro atoms. The lowest BCUT2D eigenvalue weighted by Crippen LogP contribution is -2.55. The Balaban J connectivity index is 2.32. The lowest BCUT2D eigenvalue weighted by atomic mass is 10.0. The van der Waals surface area contributed by atoms with Gasteiger partial charge >= 0.3 is 18.0 Å². The maximum absolute atomic E-state index is 12.8. The molecular weight excluding hydrogens is 424 g/mol. The van der Waals surface area contributed by atoms with Gasteiger partial charge in [0.1, 0.15) is 24.3 Å². The number of amides is 2. The van der Waals surface area contributed by atoms with Gasteiger partial charge in [0, 0.05) is 11.5 Å². The third-order valence-corrected chi connectivity index (χ3v) is 5.38. The number of esters is 2. The lowest BCUT2D eigenvalue weighted by molar-refractivity contribution is -0.144. The van der Waals surface area contributed by atoms with Crippen molar-refractivity contribution in [2.45, 2.75) is 51.1 Å². The van der Waals surface area contributed by atoms with Crippen molar-refractivity contribution in [2.24, 2.45) is 0 Å². The Hall–Kier alpha value is -2.75. The number of cyclic esters (lactones) is 1.